The van der Waals surface area contributed by atoms with Gasteiger partial charge < -0.3 is 16.2 Å². The standard InChI is InChI=1S/C12H13N3O2S/c13-6-12-14-8(7-18-12)5-11(17)15-9-3-1-2-4-10(9)16/h1-4,7,16H,5-6,13H2,(H,15,17). The van der Waals surface area contributed by atoms with Crippen LogP contribution in [0.3, 0.4) is 0 Å². The lowest BCUT2D eigenvalue weighted by Crippen LogP contribution is -2.14. The minimum atomic E-state index is -0.217. The molecule has 2 rings (SSSR count). The third-order valence-corrected chi connectivity index (χ3v) is 3.21. The number of phenolic OH excluding ortho intramolecular Hbond substituents is 1. The van der Waals surface area contributed by atoms with Crippen LogP contribution in [0.5, 0.6) is 5.75 Å². The Morgan fingerprint density at radius 3 is 2.89 bits per heavy atom. The molecule has 0 saturated carbocycles. The van der Waals surface area contributed by atoms with Gasteiger partial charge in [-0.25, -0.2) is 4.98 Å². The zero-order valence-electron chi connectivity index (χ0n) is 9.59. The van der Waals surface area contributed by atoms with Gasteiger partial charge in [-0.05, 0) is 12.1 Å². The summed E-state index contributed by atoms with van der Waals surface area (Å²) in [6, 6.07) is 6.59. The maximum Gasteiger partial charge on any atom is 0.230 e. The van der Waals surface area contributed by atoms with Gasteiger partial charge in [0.1, 0.15) is 10.8 Å². The van der Waals surface area contributed by atoms with Crippen molar-refractivity contribution in [3.05, 3.63) is 40.3 Å². The van der Waals surface area contributed by atoms with Gasteiger partial charge in [0, 0.05) is 11.9 Å². The number of amides is 1. The molecule has 2 aromatic rings. The van der Waals surface area contributed by atoms with E-state index in [4.69, 9.17) is 5.73 Å². The summed E-state index contributed by atoms with van der Waals surface area (Å²) in [5.41, 5.74) is 6.54. The normalized spacial score (nSPS) is 10.3. The number of phenols is 1. The number of aromatic nitrogens is 1. The molecule has 0 atom stereocenters. The van der Waals surface area contributed by atoms with Crippen LogP contribution >= 0.6 is 11.3 Å². The van der Waals surface area contributed by atoms with Crippen molar-refractivity contribution in [3.8, 4) is 5.75 Å². The van der Waals surface area contributed by atoms with Crippen LogP contribution in [0.15, 0.2) is 29.6 Å². The van der Waals surface area contributed by atoms with Crippen LogP contribution in [0.4, 0.5) is 5.69 Å². The fraction of sp³-hybridized carbons (Fsp3) is 0.167. The Hall–Kier alpha value is -1.92. The molecule has 1 aromatic heterocycles. The fourth-order valence-electron chi connectivity index (χ4n) is 1.46. The molecule has 1 aromatic carbocycles. The van der Waals surface area contributed by atoms with Gasteiger partial charge in [-0.3, -0.25) is 4.79 Å². The van der Waals surface area contributed by atoms with Gasteiger partial charge in [-0.1, -0.05) is 12.1 Å². The molecule has 1 amide bonds. The van der Waals surface area contributed by atoms with Crippen molar-refractivity contribution in [2.24, 2.45) is 5.73 Å². The van der Waals surface area contributed by atoms with Gasteiger partial charge in [0.2, 0.25) is 5.91 Å². The van der Waals surface area contributed by atoms with E-state index in [0.717, 1.165) is 5.01 Å². The highest BCUT2D eigenvalue weighted by atomic mass is 32.1. The number of rotatable bonds is 4. The first kappa shape index (κ1) is 12.5. The Bertz CT molecular complexity index is 554. The van der Waals surface area contributed by atoms with Crippen LogP contribution in [0, 0.1) is 0 Å². The molecule has 0 aliphatic rings. The van der Waals surface area contributed by atoms with Gasteiger partial charge in [0.05, 0.1) is 17.8 Å². The Kier molecular flexibility index (Phi) is 3.91. The summed E-state index contributed by atoms with van der Waals surface area (Å²) in [5.74, 6) is -0.169. The van der Waals surface area contributed by atoms with Crippen molar-refractivity contribution in [3.63, 3.8) is 0 Å². The van der Waals surface area contributed by atoms with E-state index in [0.29, 0.717) is 17.9 Å². The van der Waals surface area contributed by atoms with Gasteiger partial charge in [-0.15, -0.1) is 11.3 Å². The lowest BCUT2D eigenvalue weighted by Gasteiger charge is -2.05. The molecule has 0 radical (unpaired) electrons. The maximum absolute atomic E-state index is 11.7. The molecule has 94 valence electrons. The van der Waals surface area contributed by atoms with Crippen molar-refractivity contribution in [1.29, 1.82) is 0 Å². The number of hydrogen-bond donors (Lipinski definition) is 3. The molecular weight excluding hydrogens is 250 g/mol. The summed E-state index contributed by atoms with van der Waals surface area (Å²) < 4.78 is 0. The topological polar surface area (TPSA) is 88.2 Å². The zero-order chi connectivity index (χ0) is 13.0. The maximum atomic E-state index is 11.7. The fourth-order valence-corrected chi connectivity index (χ4v) is 2.14. The summed E-state index contributed by atoms with van der Waals surface area (Å²) in [5, 5.41) is 14.8. The van der Waals surface area contributed by atoms with Crippen molar-refractivity contribution in [2.75, 3.05) is 5.32 Å². The predicted octanol–water partition coefficient (Wildman–Crippen LogP) is 1.49. The van der Waals surface area contributed by atoms with Gasteiger partial charge in [-0.2, -0.15) is 0 Å². The second-order valence-electron chi connectivity index (χ2n) is 3.68. The summed E-state index contributed by atoms with van der Waals surface area (Å²) in [4.78, 5) is 15.9. The summed E-state index contributed by atoms with van der Waals surface area (Å²) in [6.45, 7) is 0.381. The Labute approximate surface area is 108 Å². The first-order chi connectivity index (χ1) is 8.69. The summed E-state index contributed by atoms with van der Waals surface area (Å²) in [7, 11) is 0. The van der Waals surface area contributed by atoms with Crippen molar-refractivity contribution in [2.45, 2.75) is 13.0 Å². The number of hydrogen-bond acceptors (Lipinski definition) is 5. The van der Waals surface area contributed by atoms with Crippen molar-refractivity contribution < 1.29 is 9.90 Å². The largest absolute Gasteiger partial charge is 0.506 e. The molecule has 1 heterocycles. The van der Waals surface area contributed by atoms with E-state index in [1.165, 1.54) is 17.4 Å². The molecule has 4 N–H and O–H groups in total. The molecule has 0 spiro atoms. The minimum Gasteiger partial charge on any atom is -0.506 e. The number of carbonyl (C=O) groups is 1. The molecule has 6 heteroatoms. The van der Waals surface area contributed by atoms with Crippen LogP contribution < -0.4 is 11.1 Å². The zero-order valence-corrected chi connectivity index (χ0v) is 10.4. The van der Waals surface area contributed by atoms with E-state index in [1.807, 2.05) is 5.38 Å². The number of para-hydroxylation sites is 2. The van der Waals surface area contributed by atoms with Gasteiger partial charge in [0.25, 0.3) is 0 Å². The van der Waals surface area contributed by atoms with Crippen molar-refractivity contribution >= 4 is 22.9 Å². The highest BCUT2D eigenvalue weighted by molar-refractivity contribution is 7.09. The number of thiazole rings is 1. The predicted molar refractivity (Wildman–Crippen MR) is 70.4 cm³/mol. The third-order valence-electron chi connectivity index (χ3n) is 2.29. The van der Waals surface area contributed by atoms with E-state index in [1.54, 1.807) is 18.2 Å². The molecule has 18 heavy (non-hydrogen) atoms. The highest BCUT2D eigenvalue weighted by Gasteiger charge is 2.09. The Morgan fingerprint density at radius 1 is 1.44 bits per heavy atom. The molecule has 0 fully saturated rings. The van der Waals surface area contributed by atoms with Crippen LogP contribution in [-0.2, 0) is 17.8 Å². The molecule has 0 aliphatic carbocycles. The molecule has 0 saturated heterocycles. The quantitative estimate of drug-likeness (QED) is 0.729. The van der Waals surface area contributed by atoms with Crippen LogP contribution in [-0.4, -0.2) is 16.0 Å². The second-order valence-corrected chi connectivity index (χ2v) is 4.62. The lowest BCUT2D eigenvalue weighted by molar-refractivity contribution is -0.115. The summed E-state index contributed by atoms with van der Waals surface area (Å²) >= 11 is 1.44. The number of nitrogens with two attached hydrogens (primary N) is 1. The summed E-state index contributed by atoms with van der Waals surface area (Å²) in [6.07, 6.45) is 0.171. The average Bonchev–Trinajstić information content (AvgIpc) is 2.80. The highest BCUT2D eigenvalue weighted by Crippen LogP contribution is 2.21. The first-order valence-corrected chi connectivity index (χ1v) is 6.28. The Balaban J connectivity index is 1.99. The van der Waals surface area contributed by atoms with E-state index in [-0.39, 0.29) is 18.1 Å². The van der Waals surface area contributed by atoms with E-state index >= 15 is 0 Å². The number of benzene rings is 1. The molecule has 0 aliphatic heterocycles. The van der Waals surface area contributed by atoms with Crippen LogP contribution in [0.2, 0.25) is 0 Å². The average molecular weight is 263 g/mol. The van der Waals surface area contributed by atoms with E-state index in [9.17, 15) is 9.90 Å². The SMILES string of the molecule is NCc1nc(CC(=O)Nc2ccccc2O)cs1. The number of nitrogens with zero attached hydrogens (tertiary/aromatic N) is 1. The number of carbonyl (C=O) groups excluding carboxylic acids is 1. The second kappa shape index (κ2) is 5.61. The first-order valence-electron chi connectivity index (χ1n) is 5.40. The number of nitrogens with one attached hydrogen (secondary N) is 1. The molecular formula is C12H13N3O2S. The van der Waals surface area contributed by atoms with Crippen molar-refractivity contribution in [1.82, 2.24) is 4.98 Å². The molecule has 5 nitrogen and oxygen atoms in total. The minimum absolute atomic E-state index is 0.0479. The van der Waals surface area contributed by atoms with E-state index < -0.39 is 0 Å². The lowest BCUT2D eigenvalue weighted by atomic mass is 10.2. The number of aromatic hydroxyl groups is 1. The van der Waals surface area contributed by atoms with Crippen LogP contribution in [0.1, 0.15) is 10.7 Å². The molecule has 0 bridgehead atoms. The van der Waals surface area contributed by atoms with Gasteiger partial charge >= 0.3 is 0 Å². The third kappa shape index (κ3) is 3.06. The van der Waals surface area contributed by atoms with Crippen LogP contribution in [0.25, 0.3) is 0 Å². The number of anilines is 1. The van der Waals surface area contributed by atoms with Gasteiger partial charge in [0.15, 0.2) is 0 Å². The van der Waals surface area contributed by atoms with E-state index in [2.05, 4.69) is 10.3 Å². The monoisotopic (exact) mass is 263 g/mol. The molecule has 0 unspecified atom stereocenters. The smallest absolute Gasteiger partial charge is 0.230 e. The Morgan fingerprint density at radius 2 is 2.22 bits per heavy atom.